The van der Waals surface area contributed by atoms with Gasteiger partial charge in [-0.1, -0.05) is 26.0 Å². The van der Waals surface area contributed by atoms with Gasteiger partial charge in [0.25, 0.3) is 0 Å². The molecule has 0 radical (unpaired) electrons. The van der Waals surface area contributed by atoms with Crippen LogP contribution in [0, 0.1) is 12.8 Å². The fourth-order valence-corrected chi connectivity index (χ4v) is 3.98. The summed E-state index contributed by atoms with van der Waals surface area (Å²) in [6, 6.07) is 14.8. The molecule has 30 heavy (non-hydrogen) atoms. The van der Waals surface area contributed by atoms with Crippen LogP contribution in [0.1, 0.15) is 36.4 Å². The molecule has 4 heteroatoms. The van der Waals surface area contributed by atoms with Crippen molar-refractivity contribution in [3.63, 3.8) is 0 Å². The number of aromatic nitrogens is 2. The summed E-state index contributed by atoms with van der Waals surface area (Å²) in [6.07, 6.45) is 3.74. The molecule has 4 nitrogen and oxygen atoms in total. The summed E-state index contributed by atoms with van der Waals surface area (Å²) in [6.45, 7) is 6.45. The van der Waals surface area contributed by atoms with Gasteiger partial charge < -0.3 is 9.47 Å². The Morgan fingerprint density at radius 2 is 1.63 bits per heavy atom. The zero-order valence-electron chi connectivity index (χ0n) is 18.3. The van der Waals surface area contributed by atoms with Crippen molar-refractivity contribution in [1.82, 2.24) is 9.97 Å². The lowest BCUT2D eigenvalue weighted by Crippen LogP contribution is -2.02. The molecule has 2 aromatic heterocycles. The van der Waals surface area contributed by atoms with Gasteiger partial charge in [0.15, 0.2) is 11.5 Å². The fraction of sp³-hybridized carbons (Fsp3) is 0.308. The largest absolute Gasteiger partial charge is 0.493 e. The summed E-state index contributed by atoms with van der Waals surface area (Å²) in [5, 5.41) is 3.46. The lowest BCUT2D eigenvalue weighted by Gasteiger charge is -2.16. The second-order valence-electron chi connectivity index (χ2n) is 8.24. The highest BCUT2D eigenvalue weighted by molar-refractivity contribution is 5.91. The number of aryl methyl sites for hydroxylation is 1. The first-order valence-corrected chi connectivity index (χ1v) is 10.4. The summed E-state index contributed by atoms with van der Waals surface area (Å²) in [5.41, 5.74) is 5.58. The predicted octanol–water partition coefficient (Wildman–Crippen LogP) is 5.90. The molecule has 4 rings (SSSR count). The smallest absolute Gasteiger partial charge is 0.161 e. The Morgan fingerprint density at radius 1 is 0.900 bits per heavy atom. The van der Waals surface area contributed by atoms with E-state index in [0.717, 1.165) is 52.0 Å². The molecule has 0 atom stereocenters. The summed E-state index contributed by atoms with van der Waals surface area (Å²) in [4.78, 5) is 9.45. The minimum atomic E-state index is 0.524. The van der Waals surface area contributed by atoms with Gasteiger partial charge in [-0.3, -0.25) is 9.97 Å². The molecule has 2 heterocycles. The Morgan fingerprint density at radius 3 is 2.33 bits per heavy atom. The molecule has 0 aliphatic rings. The number of methoxy groups -OCH3 is 2. The van der Waals surface area contributed by atoms with E-state index < -0.39 is 0 Å². The van der Waals surface area contributed by atoms with Crippen molar-refractivity contribution in [3.8, 4) is 11.5 Å². The molecule has 0 spiro atoms. The maximum Gasteiger partial charge on any atom is 0.161 e. The highest BCUT2D eigenvalue weighted by Crippen LogP contribution is 2.36. The van der Waals surface area contributed by atoms with Gasteiger partial charge in [0, 0.05) is 28.4 Å². The van der Waals surface area contributed by atoms with Crippen LogP contribution in [-0.4, -0.2) is 24.2 Å². The number of hydrogen-bond acceptors (Lipinski definition) is 4. The van der Waals surface area contributed by atoms with E-state index >= 15 is 0 Å². The Hall–Kier alpha value is -3.14. The lowest BCUT2D eigenvalue weighted by molar-refractivity contribution is 0.356. The molecule has 2 aromatic carbocycles. The minimum Gasteiger partial charge on any atom is -0.493 e. The van der Waals surface area contributed by atoms with Gasteiger partial charge in [0.05, 0.1) is 19.7 Å². The second-order valence-corrected chi connectivity index (χ2v) is 8.24. The number of fused-ring (bicyclic) bond motifs is 2. The van der Waals surface area contributed by atoms with Crippen molar-refractivity contribution in [3.05, 3.63) is 71.2 Å². The zero-order valence-corrected chi connectivity index (χ0v) is 18.3. The SMILES string of the molecule is COc1cc2c(Cc3ccc4nc(C)ccc4c3)cnc(CC(C)C)c2cc1OC. The molecular formula is C26H28N2O2. The van der Waals surface area contributed by atoms with E-state index in [4.69, 9.17) is 14.5 Å². The van der Waals surface area contributed by atoms with Crippen LogP contribution in [0.4, 0.5) is 0 Å². The zero-order chi connectivity index (χ0) is 21.3. The van der Waals surface area contributed by atoms with Crippen molar-refractivity contribution in [2.24, 2.45) is 5.92 Å². The van der Waals surface area contributed by atoms with Crippen molar-refractivity contribution in [1.29, 1.82) is 0 Å². The number of benzene rings is 2. The molecule has 0 bridgehead atoms. The van der Waals surface area contributed by atoms with E-state index in [0.29, 0.717) is 5.92 Å². The molecule has 0 saturated carbocycles. The fourth-order valence-electron chi connectivity index (χ4n) is 3.98. The highest BCUT2D eigenvalue weighted by Gasteiger charge is 2.15. The van der Waals surface area contributed by atoms with E-state index in [1.54, 1.807) is 14.2 Å². The van der Waals surface area contributed by atoms with Gasteiger partial charge in [-0.15, -0.1) is 0 Å². The Balaban J connectivity index is 1.82. The summed E-state index contributed by atoms with van der Waals surface area (Å²) < 4.78 is 11.1. The van der Waals surface area contributed by atoms with Gasteiger partial charge >= 0.3 is 0 Å². The van der Waals surface area contributed by atoms with E-state index in [9.17, 15) is 0 Å². The number of nitrogens with zero attached hydrogens (tertiary/aromatic N) is 2. The van der Waals surface area contributed by atoms with Gasteiger partial charge in [-0.2, -0.15) is 0 Å². The van der Waals surface area contributed by atoms with Crippen LogP contribution in [0.25, 0.3) is 21.7 Å². The third-order valence-corrected chi connectivity index (χ3v) is 5.45. The van der Waals surface area contributed by atoms with Crippen LogP contribution in [0.5, 0.6) is 11.5 Å². The predicted molar refractivity (Wildman–Crippen MR) is 123 cm³/mol. The maximum atomic E-state index is 5.59. The Labute approximate surface area is 177 Å². The van der Waals surface area contributed by atoms with Crippen LogP contribution in [0.2, 0.25) is 0 Å². The van der Waals surface area contributed by atoms with Crippen molar-refractivity contribution in [2.75, 3.05) is 14.2 Å². The molecule has 4 aromatic rings. The number of ether oxygens (including phenoxy) is 2. The first-order valence-electron chi connectivity index (χ1n) is 10.4. The standard InChI is InChI=1S/C26H28N2O2/c1-16(2)10-24-22-14-26(30-5)25(29-4)13-21(22)20(15-27-24)12-18-7-9-23-19(11-18)8-6-17(3)28-23/h6-9,11,13-16H,10,12H2,1-5H3. The van der Waals surface area contributed by atoms with Crippen molar-refractivity contribution < 1.29 is 9.47 Å². The summed E-state index contributed by atoms with van der Waals surface area (Å²) in [5.74, 6) is 2.00. The van der Waals surface area contributed by atoms with Crippen LogP contribution < -0.4 is 9.47 Å². The van der Waals surface area contributed by atoms with Crippen molar-refractivity contribution >= 4 is 21.7 Å². The molecule has 0 amide bonds. The molecule has 0 saturated heterocycles. The van der Waals surface area contributed by atoms with Crippen LogP contribution in [0.3, 0.4) is 0 Å². The topological polar surface area (TPSA) is 44.2 Å². The number of pyridine rings is 2. The summed E-state index contributed by atoms with van der Waals surface area (Å²) in [7, 11) is 3.35. The molecular weight excluding hydrogens is 372 g/mol. The quantitative estimate of drug-likeness (QED) is 0.404. The summed E-state index contributed by atoms with van der Waals surface area (Å²) >= 11 is 0. The highest BCUT2D eigenvalue weighted by atomic mass is 16.5. The van der Waals surface area contributed by atoms with Crippen LogP contribution >= 0.6 is 0 Å². The van der Waals surface area contributed by atoms with E-state index in [-0.39, 0.29) is 0 Å². The van der Waals surface area contributed by atoms with Crippen LogP contribution in [-0.2, 0) is 12.8 Å². The molecule has 154 valence electrons. The third kappa shape index (κ3) is 3.95. The van der Waals surface area contributed by atoms with E-state index in [1.165, 1.54) is 16.5 Å². The lowest BCUT2D eigenvalue weighted by atomic mass is 9.95. The monoisotopic (exact) mass is 400 g/mol. The second kappa shape index (κ2) is 8.31. The van der Waals surface area contributed by atoms with Gasteiger partial charge in [0.1, 0.15) is 0 Å². The first-order chi connectivity index (χ1) is 14.5. The minimum absolute atomic E-state index is 0.524. The number of hydrogen-bond donors (Lipinski definition) is 0. The van der Waals surface area contributed by atoms with Crippen LogP contribution in [0.15, 0.2) is 48.7 Å². The molecule has 0 N–H and O–H groups in total. The van der Waals surface area contributed by atoms with Gasteiger partial charge in [-0.25, -0.2) is 0 Å². The number of rotatable bonds is 6. The third-order valence-electron chi connectivity index (χ3n) is 5.45. The average Bonchev–Trinajstić information content (AvgIpc) is 2.74. The molecule has 0 fully saturated rings. The normalized spacial score (nSPS) is 11.4. The first kappa shape index (κ1) is 20.1. The van der Waals surface area contributed by atoms with E-state index in [1.807, 2.05) is 13.1 Å². The molecule has 0 aliphatic carbocycles. The Kier molecular flexibility index (Phi) is 5.58. The maximum absolute atomic E-state index is 5.59. The van der Waals surface area contributed by atoms with Gasteiger partial charge in [0.2, 0.25) is 0 Å². The van der Waals surface area contributed by atoms with Crippen molar-refractivity contribution in [2.45, 2.75) is 33.6 Å². The molecule has 0 unspecified atom stereocenters. The average molecular weight is 401 g/mol. The van der Waals surface area contributed by atoms with E-state index in [2.05, 4.69) is 61.3 Å². The Bertz CT molecular complexity index is 1210. The molecule has 0 aliphatic heterocycles. The van der Waals surface area contributed by atoms with Gasteiger partial charge in [-0.05, 0) is 72.5 Å².